The molecule has 0 aliphatic heterocycles. The Balaban J connectivity index is 2.11. The molecular weight excluding hydrogens is 297 g/mol. The van der Waals surface area contributed by atoms with Gasteiger partial charge in [0.1, 0.15) is 22.6 Å². The summed E-state index contributed by atoms with van der Waals surface area (Å²) in [5.74, 6) is 0.597. The van der Waals surface area contributed by atoms with Gasteiger partial charge in [-0.1, -0.05) is 12.1 Å². The molecule has 0 amide bonds. The molecule has 0 aliphatic rings. The lowest BCUT2D eigenvalue weighted by Crippen LogP contribution is -2.03. The van der Waals surface area contributed by atoms with Gasteiger partial charge < -0.3 is 5.32 Å². The average molecular weight is 310 g/mol. The van der Waals surface area contributed by atoms with Crippen LogP contribution >= 0.6 is 15.9 Å². The largest absolute Gasteiger partial charge is 0.366 e. The molecule has 2 aromatic rings. The van der Waals surface area contributed by atoms with Crippen LogP contribution in [-0.4, -0.2) is 9.97 Å². The molecule has 1 heterocycles. The second kappa shape index (κ2) is 5.44. The van der Waals surface area contributed by atoms with E-state index in [0.717, 1.165) is 16.0 Å². The van der Waals surface area contributed by atoms with E-state index in [2.05, 4.69) is 31.2 Å². The van der Waals surface area contributed by atoms with Crippen LogP contribution in [0.5, 0.6) is 0 Å². The van der Waals surface area contributed by atoms with Gasteiger partial charge in [0.05, 0.1) is 0 Å². The standard InChI is InChI=1S/C13H13BrFN3/c1-8-3-10(4-9(2)13(8)15)6-16-12-5-11(14)17-7-18-12/h3-5,7H,6H2,1-2H3,(H,16,17,18). The van der Waals surface area contributed by atoms with Gasteiger partial charge in [-0.2, -0.15) is 0 Å². The SMILES string of the molecule is Cc1cc(CNc2cc(Br)ncn2)cc(C)c1F. The third-order valence-electron chi connectivity index (χ3n) is 2.60. The van der Waals surface area contributed by atoms with Crippen molar-refractivity contribution in [1.29, 1.82) is 0 Å². The minimum Gasteiger partial charge on any atom is -0.366 e. The number of anilines is 1. The Morgan fingerprint density at radius 2 is 1.83 bits per heavy atom. The first-order valence-electron chi connectivity index (χ1n) is 5.53. The minimum absolute atomic E-state index is 0.136. The van der Waals surface area contributed by atoms with E-state index in [1.54, 1.807) is 19.9 Å². The van der Waals surface area contributed by atoms with Crippen LogP contribution in [0.4, 0.5) is 10.2 Å². The Morgan fingerprint density at radius 3 is 2.44 bits per heavy atom. The maximum Gasteiger partial charge on any atom is 0.130 e. The van der Waals surface area contributed by atoms with Gasteiger partial charge in [-0.05, 0) is 46.5 Å². The van der Waals surface area contributed by atoms with Crippen molar-refractivity contribution < 1.29 is 4.39 Å². The number of aromatic nitrogens is 2. The van der Waals surface area contributed by atoms with Gasteiger partial charge in [0.25, 0.3) is 0 Å². The summed E-state index contributed by atoms with van der Waals surface area (Å²) in [6.07, 6.45) is 1.48. The van der Waals surface area contributed by atoms with E-state index in [-0.39, 0.29) is 5.82 Å². The van der Waals surface area contributed by atoms with Gasteiger partial charge in [-0.3, -0.25) is 0 Å². The van der Waals surface area contributed by atoms with Crippen molar-refractivity contribution >= 4 is 21.7 Å². The first-order valence-corrected chi connectivity index (χ1v) is 6.32. The van der Waals surface area contributed by atoms with Crippen LogP contribution in [0.3, 0.4) is 0 Å². The Labute approximate surface area is 114 Å². The third-order valence-corrected chi connectivity index (χ3v) is 3.04. The van der Waals surface area contributed by atoms with Gasteiger partial charge in [-0.25, -0.2) is 14.4 Å². The molecule has 0 atom stereocenters. The summed E-state index contributed by atoms with van der Waals surface area (Å²) in [4.78, 5) is 8.04. The number of nitrogens with one attached hydrogen (secondary N) is 1. The Hall–Kier alpha value is -1.49. The molecule has 18 heavy (non-hydrogen) atoms. The summed E-state index contributed by atoms with van der Waals surface area (Å²) in [6, 6.07) is 5.47. The smallest absolute Gasteiger partial charge is 0.130 e. The molecular formula is C13H13BrFN3. The summed E-state index contributed by atoms with van der Waals surface area (Å²) < 4.78 is 14.2. The normalized spacial score (nSPS) is 10.4. The lowest BCUT2D eigenvalue weighted by atomic mass is 10.1. The molecule has 94 valence electrons. The number of nitrogens with zero attached hydrogens (tertiary/aromatic N) is 2. The maximum atomic E-state index is 13.5. The Kier molecular flexibility index (Phi) is 3.91. The molecule has 0 aliphatic carbocycles. The molecule has 0 bridgehead atoms. The van der Waals surface area contributed by atoms with Crippen molar-refractivity contribution in [2.75, 3.05) is 5.32 Å². The fourth-order valence-corrected chi connectivity index (χ4v) is 2.07. The zero-order chi connectivity index (χ0) is 13.1. The second-order valence-corrected chi connectivity index (χ2v) is 4.94. The molecule has 1 aromatic carbocycles. The van der Waals surface area contributed by atoms with E-state index in [4.69, 9.17) is 0 Å². The lowest BCUT2D eigenvalue weighted by molar-refractivity contribution is 0.608. The highest BCUT2D eigenvalue weighted by molar-refractivity contribution is 9.10. The summed E-state index contributed by atoms with van der Waals surface area (Å²) in [5, 5.41) is 3.17. The number of aryl methyl sites for hydroxylation is 2. The molecule has 1 aromatic heterocycles. The molecule has 5 heteroatoms. The minimum atomic E-state index is -0.136. The van der Waals surface area contributed by atoms with Gasteiger partial charge in [0, 0.05) is 12.6 Å². The molecule has 1 N–H and O–H groups in total. The quantitative estimate of drug-likeness (QED) is 0.880. The van der Waals surface area contributed by atoms with Crippen molar-refractivity contribution in [3.8, 4) is 0 Å². The molecule has 2 rings (SSSR count). The predicted octanol–water partition coefficient (Wildman–Crippen LogP) is 3.61. The average Bonchev–Trinajstić information content (AvgIpc) is 2.33. The van der Waals surface area contributed by atoms with Crippen molar-refractivity contribution in [2.45, 2.75) is 20.4 Å². The van der Waals surface area contributed by atoms with E-state index >= 15 is 0 Å². The van der Waals surface area contributed by atoms with Crippen LogP contribution in [0.1, 0.15) is 16.7 Å². The van der Waals surface area contributed by atoms with Crippen LogP contribution in [0, 0.1) is 19.7 Å². The number of halogens is 2. The number of hydrogen-bond donors (Lipinski definition) is 1. The van der Waals surface area contributed by atoms with Crippen molar-refractivity contribution in [2.24, 2.45) is 0 Å². The third kappa shape index (κ3) is 3.04. The van der Waals surface area contributed by atoms with Crippen molar-refractivity contribution in [3.05, 3.63) is 51.6 Å². The second-order valence-electron chi connectivity index (χ2n) is 4.12. The van der Waals surface area contributed by atoms with E-state index < -0.39 is 0 Å². The lowest BCUT2D eigenvalue weighted by Gasteiger charge is -2.08. The highest BCUT2D eigenvalue weighted by atomic mass is 79.9. The van der Waals surface area contributed by atoms with Gasteiger partial charge >= 0.3 is 0 Å². The summed E-state index contributed by atoms with van der Waals surface area (Å²) in [7, 11) is 0. The molecule has 0 fully saturated rings. The highest BCUT2D eigenvalue weighted by Gasteiger charge is 2.04. The fourth-order valence-electron chi connectivity index (χ4n) is 1.76. The Morgan fingerprint density at radius 1 is 1.17 bits per heavy atom. The van der Waals surface area contributed by atoms with Gasteiger partial charge in [0.15, 0.2) is 0 Å². The monoisotopic (exact) mass is 309 g/mol. The number of rotatable bonds is 3. The predicted molar refractivity (Wildman–Crippen MR) is 72.9 cm³/mol. The first kappa shape index (κ1) is 13.0. The number of hydrogen-bond acceptors (Lipinski definition) is 3. The summed E-state index contributed by atoms with van der Waals surface area (Å²) in [6.45, 7) is 4.14. The van der Waals surface area contributed by atoms with Gasteiger partial charge in [-0.15, -0.1) is 0 Å². The topological polar surface area (TPSA) is 37.8 Å². The van der Waals surface area contributed by atoms with Crippen LogP contribution in [-0.2, 0) is 6.54 Å². The van der Waals surface area contributed by atoms with Crippen LogP contribution in [0.25, 0.3) is 0 Å². The first-order chi connectivity index (χ1) is 8.56. The van der Waals surface area contributed by atoms with Crippen molar-refractivity contribution in [1.82, 2.24) is 9.97 Å². The summed E-state index contributed by atoms with van der Waals surface area (Å²) >= 11 is 3.28. The molecule has 0 saturated carbocycles. The van der Waals surface area contributed by atoms with Crippen LogP contribution < -0.4 is 5.32 Å². The van der Waals surface area contributed by atoms with Gasteiger partial charge in [0.2, 0.25) is 0 Å². The molecule has 0 spiro atoms. The van der Waals surface area contributed by atoms with E-state index in [0.29, 0.717) is 17.7 Å². The Bertz CT molecular complexity index is 549. The van der Waals surface area contributed by atoms with Crippen molar-refractivity contribution in [3.63, 3.8) is 0 Å². The zero-order valence-corrected chi connectivity index (χ0v) is 11.8. The molecule has 0 unspecified atom stereocenters. The maximum absolute atomic E-state index is 13.5. The molecule has 0 radical (unpaired) electrons. The van der Waals surface area contributed by atoms with E-state index in [1.807, 2.05) is 12.1 Å². The fraction of sp³-hybridized carbons (Fsp3) is 0.231. The molecule has 0 saturated heterocycles. The zero-order valence-electron chi connectivity index (χ0n) is 10.2. The van der Waals surface area contributed by atoms with Crippen LogP contribution in [0.2, 0.25) is 0 Å². The molecule has 3 nitrogen and oxygen atoms in total. The summed E-state index contributed by atoms with van der Waals surface area (Å²) in [5.41, 5.74) is 2.35. The van der Waals surface area contributed by atoms with Crippen LogP contribution in [0.15, 0.2) is 29.1 Å². The highest BCUT2D eigenvalue weighted by Crippen LogP contribution is 2.16. The number of benzene rings is 1. The van der Waals surface area contributed by atoms with E-state index in [9.17, 15) is 4.39 Å². The van der Waals surface area contributed by atoms with E-state index in [1.165, 1.54) is 6.33 Å².